The number of aliphatic carboxylic acids is 1. The summed E-state index contributed by atoms with van der Waals surface area (Å²) in [4.78, 5) is 79.3. The fourth-order valence-electron chi connectivity index (χ4n) is 8.86. The molecule has 26 heteroatoms. The topological polar surface area (TPSA) is 299 Å². The number of carboxylic acid groups (broad SMARTS) is 1. The number of nitrogens with zero attached hydrogens (tertiary/aromatic N) is 4. The van der Waals surface area contributed by atoms with Crippen LogP contribution in [0.3, 0.4) is 0 Å². The van der Waals surface area contributed by atoms with Crippen LogP contribution in [0.5, 0.6) is 0 Å². The first-order chi connectivity index (χ1) is 37.0. The summed E-state index contributed by atoms with van der Waals surface area (Å²) >= 11 is 6.10. The van der Waals surface area contributed by atoms with Gasteiger partial charge < -0.3 is 37.0 Å². The lowest BCUT2D eigenvalue weighted by Crippen LogP contribution is -2.18. The second kappa shape index (κ2) is 22.8. The van der Waals surface area contributed by atoms with E-state index >= 15 is 0 Å². The molecule has 2 aliphatic heterocycles. The highest BCUT2D eigenvalue weighted by Crippen LogP contribution is 2.45. The van der Waals surface area contributed by atoms with Gasteiger partial charge in [0.25, 0.3) is 11.8 Å². The van der Waals surface area contributed by atoms with Gasteiger partial charge in [-0.25, -0.2) is 39.4 Å². The molecule has 0 bridgehead atoms. The number of anilines is 4. The van der Waals surface area contributed by atoms with E-state index in [0.717, 1.165) is 43.1 Å². The number of ketones is 1. The Morgan fingerprint density at radius 2 is 1.00 bits per heavy atom. The molecule has 4 aromatic rings. The third-order valence-corrected chi connectivity index (χ3v) is 16.7. The van der Waals surface area contributed by atoms with Crippen LogP contribution >= 0.6 is 11.6 Å². The van der Waals surface area contributed by atoms with Gasteiger partial charge in [0.1, 0.15) is 35.6 Å². The van der Waals surface area contributed by atoms with E-state index in [9.17, 15) is 63.2 Å². The molecule has 0 unspecified atom stereocenters. The van der Waals surface area contributed by atoms with Crippen molar-refractivity contribution in [1.29, 1.82) is 0 Å². The SMILES string of the molecule is CN1Cc2nc(CC(=O)[C@@H]3C[C@@H]3F)cc(Nc3ccc(C4CC4)cc3S(C)(=O)=O)c2C1=O.CN1Cc2nc(Cl)cc(Nc3ccc(C4CC4)cc3S(C)(=O)=O)c2C1=O.NC(=O)[C@@H]1C[C@@H]1F.NC(=O)[C@@H]1C[C@@H]1F.O=C(O)[C@@H]1C[C@@H]1F. The van der Waals surface area contributed by atoms with E-state index in [1.54, 1.807) is 55.4 Å². The van der Waals surface area contributed by atoms with E-state index in [4.69, 9.17) is 28.2 Å². The van der Waals surface area contributed by atoms with Crippen LogP contribution in [0.4, 0.5) is 40.3 Å². The number of nitrogens with one attached hydrogen (secondary N) is 2. The Kier molecular flexibility index (Phi) is 16.9. The first kappa shape index (κ1) is 58.4. The summed E-state index contributed by atoms with van der Waals surface area (Å²) in [5.74, 6) is -3.95. The Labute approximate surface area is 458 Å². The van der Waals surface area contributed by atoms with Crippen molar-refractivity contribution >= 4 is 89.4 Å². The van der Waals surface area contributed by atoms with E-state index in [-0.39, 0.29) is 51.8 Å². The van der Waals surface area contributed by atoms with E-state index in [0.29, 0.717) is 88.7 Å². The highest BCUT2D eigenvalue weighted by molar-refractivity contribution is 7.91. The van der Waals surface area contributed by atoms with Crippen molar-refractivity contribution in [2.75, 3.05) is 37.2 Å². The number of nitrogens with two attached hydrogens (primary N) is 2. The van der Waals surface area contributed by atoms with Crippen molar-refractivity contribution in [2.24, 2.45) is 35.1 Å². The molecular weight excluding hydrogens is 1100 g/mol. The Hall–Kier alpha value is -6.73. The van der Waals surface area contributed by atoms with Crippen LogP contribution in [-0.2, 0) is 58.4 Å². The maximum absolute atomic E-state index is 13.3. The van der Waals surface area contributed by atoms with Gasteiger partial charge in [0.05, 0.1) is 97.5 Å². The normalized spacial score (nSPS) is 24.5. The van der Waals surface area contributed by atoms with Crippen molar-refractivity contribution in [3.63, 3.8) is 0 Å². The smallest absolute Gasteiger partial charge is 0.309 e. The number of Topliss-reactive ketones (excluding diaryl/α,β-unsaturated/α-hetero) is 1. The Morgan fingerprint density at radius 3 is 1.32 bits per heavy atom. The molecule has 2 aromatic heterocycles. The summed E-state index contributed by atoms with van der Waals surface area (Å²) in [6.45, 7) is 0.669. The molecule has 6 fully saturated rings. The van der Waals surface area contributed by atoms with Crippen molar-refractivity contribution in [2.45, 2.75) is 117 Å². The molecule has 0 spiro atoms. The van der Waals surface area contributed by atoms with Crippen LogP contribution < -0.4 is 22.1 Å². The molecule has 8 atom stereocenters. The maximum atomic E-state index is 13.3. The Morgan fingerprint density at radius 1 is 0.620 bits per heavy atom. The largest absolute Gasteiger partial charge is 0.481 e. The van der Waals surface area contributed by atoms with Crippen molar-refractivity contribution in [3.8, 4) is 0 Å². The third-order valence-electron chi connectivity index (χ3n) is 14.2. The highest BCUT2D eigenvalue weighted by Gasteiger charge is 2.45. The van der Waals surface area contributed by atoms with Gasteiger partial charge in [-0.3, -0.25) is 33.8 Å². The average molecular weight is 1160 g/mol. The van der Waals surface area contributed by atoms with E-state index in [1.807, 2.05) is 12.1 Å². The Bertz CT molecular complexity index is 3330. The average Bonchev–Trinajstić information content (AvgIpc) is 4.23. The number of fused-ring (bicyclic) bond motifs is 2. The van der Waals surface area contributed by atoms with Crippen LogP contribution in [0.15, 0.2) is 58.3 Å². The fraction of sp³-hybridized carbons (Fsp3) is 0.472. The molecule has 4 amide bonds. The number of carboxylic acids is 1. The lowest BCUT2D eigenvalue weighted by Gasteiger charge is -2.16. The number of hydrogen-bond acceptors (Lipinski definition) is 14. The minimum Gasteiger partial charge on any atom is -0.481 e. The van der Waals surface area contributed by atoms with E-state index in [2.05, 4.69) is 20.6 Å². The van der Waals surface area contributed by atoms with Crippen LogP contribution in [0.25, 0.3) is 0 Å². The number of halogens is 5. The number of pyridine rings is 2. The number of carbonyl (C=O) groups excluding carboxylic acids is 5. The maximum Gasteiger partial charge on any atom is 0.309 e. The number of hydrogen-bond donors (Lipinski definition) is 5. The molecule has 0 radical (unpaired) electrons. The second-order valence-corrected chi connectivity index (χ2v) is 25.5. The number of sulfone groups is 2. The zero-order valence-electron chi connectivity index (χ0n) is 43.4. The molecule has 4 heterocycles. The lowest BCUT2D eigenvalue weighted by molar-refractivity contribution is -0.139. The zero-order chi connectivity index (χ0) is 57.7. The molecule has 79 heavy (non-hydrogen) atoms. The molecule has 8 aliphatic rings. The van der Waals surface area contributed by atoms with Gasteiger partial charge in [-0.1, -0.05) is 23.7 Å². The van der Waals surface area contributed by atoms with Crippen LogP contribution in [0, 0.1) is 23.7 Å². The van der Waals surface area contributed by atoms with E-state index in [1.165, 1.54) is 11.2 Å². The van der Waals surface area contributed by atoms with Gasteiger partial charge in [0.15, 0.2) is 19.7 Å². The minimum absolute atomic E-state index is 0.0233. The summed E-state index contributed by atoms with van der Waals surface area (Å²) in [5.41, 5.74) is 15.5. The number of aromatic nitrogens is 2. The molecule has 6 aliphatic carbocycles. The first-order valence-electron chi connectivity index (χ1n) is 25.4. The minimum atomic E-state index is -3.53. The first-order valence-corrected chi connectivity index (χ1v) is 29.5. The summed E-state index contributed by atoms with van der Waals surface area (Å²) < 4.78 is 98.0. The number of primary amides is 2. The molecule has 2 aromatic carbocycles. The highest BCUT2D eigenvalue weighted by atomic mass is 35.5. The fourth-order valence-corrected chi connectivity index (χ4v) is 10.8. The number of alkyl halides is 4. The van der Waals surface area contributed by atoms with Crippen molar-refractivity contribution in [3.05, 3.63) is 93.0 Å². The predicted octanol–water partition coefficient (Wildman–Crippen LogP) is 6.59. The van der Waals surface area contributed by atoms with Crippen LogP contribution in [-0.4, -0.2) is 128 Å². The number of benzene rings is 2. The molecule has 6 saturated carbocycles. The van der Waals surface area contributed by atoms with Gasteiger partial charge in [-0.15, -0.1) is 0 Å². The van der Waals surface area contributed by atoms with Crippen molar-refractivity contribution < 1.29 is 68.3 Å². The molecular formula is C53H59ClF4N8O11S2. The summed E-state index contributed by atoms with van der Waals surface area (Å²) in [6, 6.07) is 13.9. The van der Waals surface area contributed by atoms with E-state index < -0.39 is 85.8 Å². The molecule has 19 nitrogen and oxygen atoms in total. The van der Waals surface area contributed by atoms with Gasteiger partial charge in [0, 0.05) is 33.0 Å². The number of amides is 4. The van der Waals surface area contributed by atoms with Gasteiger partial charge >= 0.3 is 5.97 Å². The molecule has 424 valence electrons. The van der Waals surface area contributed by atoms with Crippen LogP contribution in [0.2, 0.25) is 5.15 Å². The molecule has 0 saturated heterocycles. The summed E-state index contributed by atoms with van der Waals surface area (Å²) in [6.07, 6.45) is 3.75. The summed E-state index contributed by atoms with van der Waals surface area (Å²) in [7, 11) is -3.62. The standard InChI is InChI=1S/C23H24FN3O4S.C18H18ClN3O3S.2C4H6FNO.C4H5FO2/c1-27-11-19-22(23(27)29)18(8-14(25-19)9-20(28)15-10-16(15)24)26-17-6-5-13(12-3-4-12)7-21(17)32(2,30)31;1-22-9-14-17(18(22)23)13(8-16(19)21-14)20-12-6-5-11(10-3-4-10)7-15(12)26(2,24)25;3*5-3-1-2(3)4(6)7/h5-8,12,15-16H,3-4,9-11H2,1-2H3,(H,25,26);5-8,10H,3-4,9H2,1-2H3,(H,20,21);2*2-3H,1H2,(H2,6,7);2-3H,1H2,(H,6,7)/t15-,16+;;3*2-,3+/m1.111/s1. The predicted molar refractivity (Wildman–Crippen MR) is 281 cm³/mol. The molecule has 7 N–H and O–H groups in total. The quantitative estimate of drug-likeness (QED) is 0.0657. The van der Waals surface area contributed by atoms with Gasteiger partial charge in [-0.2, -0.15) is 0 Å². The van der Waals surface area contributed by atoms with Crippen LogP contribution in [0.1, 0.15) is 112 Å². The number of rotatable bonds is 14. The van der Waals surface area contributed by atoms with Crippen molar-refractivity contribution in [1.82, 2.24) is 19.8 Å². The third kappa shape index (κ3) is 14.6. The Balaban J connectivity index is 0.000000153. The number of carbonyl (C=O) groups is 6. The monoisotopic (exact) mass is 1160 g/mol. The molecule has 12 rings (SSSR count). The second-order valence-electron chi connectivity index (χ2n) is 21.2. The lowest BCUT2D eigenvalue weighted by atomic mass is 10.1. The summed E-state index contributed by atoms with van der Waals surface area (Å²) in [5, 5.41) is 14.5. The van der Waals surface area contributed by atoms with Gasteiger partial charge in [0.2, 0.25) is 11.8 Å². The zero-order valence-corrected chi connectivity index (χ0v) is 45.7. The van der Waals surface area contributed by atoms with Gasteiger partial charge in [-0.05, 0) is 111 Å².